The number of hydrogen-bond acceptors (Lipinski definition) is 7. The maximum absolute atomic E-state index is 10.5. The number of aliphatic hydroxyl groups excluding tert-OH is 2. The minimum Gasteiger partial charge on any atom is -0.395 e. The molecule has 7 heteroatoms. The Hall–Kier alpha value is -1.44. The third kappa shape index (κ3) is 50.4. The van der Waals surface area contributed by atoms with Gasteiger partial charge in [-0.15, -0.1) is 0 Å². The summed E-state index contributed by atoms with van der Waals surface area (Å²) in [7, 11) is 0. The molecule has 0 saturated heterocycles. The lowest BCUT2D eigenvalue weighted by molar-refractivity contribution is -0.137. The van der Waals surface area contributed by atoms with E-state index in [4.69, 9.17) is 15.9 Å². The fraction of sp³-hybridized carbons (Fsp3) is 0.857. The lowest BCUT2D eigenvalue weighted by Crippen LogP contribution is -2.29. The number of Topliss-reactive ketones (excluding diaryl/α,β-unsaturated/α-hetero) is 4. The maximum Gasteiger partial charge on any atom is 0.200 e. The smallest absolute Gasteiger partial charge is 0.200 e. The molecule has 4 N–H and O–H groups in total. The maximum atomic E-state index is 10.5. The van der Waals surface area contributed by atoms with Crippen LogP contribution >= 0.6 is 0 Å². The first kappa shape index (κ1) is 50.4. The number of rotatable bonds is 7. The molecule has 0 saturated carbocycles. The summed E-state index contributed by atoms with van der Waals surface area (Å²) in [5.74, 6) is 0.815. The van der Waals surface area contributed by atoms with Crippen molar-refractivity contribution >= 4 is 23.1 Å². The molecular weight excluding hydrogens is 446 g/mol. The van der Waals surface area contributed by atoms with Crippen LogP contribution < -0.4 is 5.73 Å². The van der Waals surface area contributed by atoms with Gasteiger partial charge in [0.25, 0.3) is 0 Å². The second-order valence-electron chi connectivity index (χ2n) is 9.96. The van der Waals surface area contributed by atoms with E-state index in [1.165, 1.54) is 13.8 Å². The lowest BCUT2D eigenvalue weighted by Gasteiger charge is -2.10. The zero-order valence-electron chi connectivity index (χ0n) is 23.9. The highest BCUT2D eigenvalue weighted by Gasteiger charge is 2.12. The van der Waals surface area contributed by atoms with Crippen LogP contribution in [-0.4, -0.2) is 52.1 Å². The highest BCUT2D eigenvalue weighted by molar-refractivity contribution is 6.36. The number of hydrogen-bond donors (Lipinski definition) is 3. The molecule has 0 aromatic rings. The molecule has 0 fully saturated rings. The van der Waals surface area contributed by atoms with Gasteiger partial charge in [-0.3, -0.25) is 19.2 Å². The summed E-state index contributed by atoms with van der Waals surface area (Å²) in [5.41, 5.74) is 5.37. The number of nitrogens with two attached hydrogens (primary N) is 1. The minimum absolute atomic E-state index is 0. The summed E-state index contributed by atoms with van der Waals surface area (Å²) < 4.78 is 0. The van der Waals surface area contributed by atoms with E-state index in [-0.39, 0.29) is 68.4 Å². The van der Waals surface area contributed by atoms with Crippen molar-refractivity contribution in [2.45, 2.75) is 124 Å². The van der Waals surface area contributed by atoms with E-state index < -0.39 is 6.10 Å². The highest BCUT2D eigenvalue weighted by Crippen LogP contribution is 2.00. The third-order valence-electron chi connectivity index (χ3n) is 3.80. The Morgan fingerprint density at radius 3 is 0.943 bits per heavy atom. The van der Waals surface area contributed by atoms with Crippen LogP contribution in [0.5, 0.6) is 0 Å². The summed E-state index contributed by atoms with van der Waals surface area (Å²) in [5, 5.41) is 17.2. The Morgan fingerprint density at radius 2 is 0.943 bits per heavy atom. The van der Waals surface area contributed by atoms with Gasteiger partial charge in [-0.05, 0) is 31.6 Å². The molecule has 7 nitrogen and oxygen atoms in total. The lowest BCUT2D eigenvalue weighted by atomic mass is 10.1. The van der Waals surface area contributed by atoms with E-state index in [2.05, 4.69) is 20.8 Å². The molecule has 0 spiro atoms. The molecule has 2 atom stereocenters. The minimum atomic E-state index is -0.769. The molecule has 0 aliphatic carbocycles. The van der Waals surface area contributed by atoms with Crippen LogP contribution in [0.2, 0.25) is 0 Å². The molecule has 0 aliphatic rings. The first-order chi connectivity index (χ1) is 14.7. The zero-order valence-corrected chi connectivity index (χ0v) is 23.9. The van der Waals surface area contributed by atoms with Crippen LogP contribution in [0.4, 0.5) is 0 Å². The fourth-order valence-corrected chi connectivity index (χ4v) is 1.09. The molecule has 35 heavy (non-hydrogen) atoms. The van der Waals surface area contributed by atoms with E-state index in [1.54, 1.807) is 20.8 Å². The van der Waals surface area contributed by atoms with Gasteiger partial charge in [0, 0.05) is 24.8 Å². The van der Waals surface area contributed by atoms with Gasteiger partial charge in [-0.1, -0.05) is 91.0 Å². The molecule has 0 aromatic heterocycles. The van der Waals surface area contributed by atoms with Gasteiger partial charge in [0.05, 0.1) is 6.61 Å². The molecule has 0 amide bonds. The van der Waals surface area contributed by atoms with Crippen LogP contribution in [0.25, 0.3) is 0 Å². The standard InChI is InChI=1S/C6H12O2.C6H10O2.C5H13NO.C5H10O.C4H10.2CH4/c2*1-4(2)6(8)5(3)7;1-4(2)5(6)3-7;1-4(2)5(3)6;1-4(2)3;;/h4,6,8H,1-3H3;4H,1-3H3;4-5,7H,3,6H2,1-2H3;4H,1-3H3;4H,1-3H3;2*1H4/t;;5-;;;;/m..1..../s1. The Kier molecular flexibility index (Phi) is 44.1. The van der Waals surface area contributed by atoms with Crippen LogP contribution in [0.15, 0.2) is 0 Å². The van der Waals surface area contributed by atoms with Crippen molar-refractivity contribution in [2.24, 2.45) is 35.3 Å². The molecular formula is C28H63NO6. The Labute approximate surface area is 218 Å². The van der Waals surface area contributed by atoms with Crippen molar-refractivity contribution < 1.29 is 29.4 Å². The molecule has 1 unspecified atom stereocenters. The Bertz CT molecular complexity index is 509. The monoisotopic (exact) mass is 509 g/mol. The van der Waals surface area contributed by atoms with Crippen LogP contribution in [-0.2, 0) is 19.2 Å². The molecule has 0 bridgehead atoms. The summed E-state index contributed by atoms with van der Waals surface area (Å²) in [6.45, 7) is 25.7. The first-order valence-corrected chi connectivity index (χ1v) is 11.8. The Balaban J connectivity index is -0.0000000561. The van der Waals surface area contributed by atoms with Crippen molar-refractivity contribution in [3.05, 3.63) is 0 Å². The largest absolute Gasteiger partial charge is 0.395 e. The topological polar surface area (TPSA) is 135 Å². The van der Waals surface area contributed by atoms with E-state index in [0.29, 0.717) is 5.92 Å². The van der Waals surface area contributed by atoms with Crippen LogP contribution in [0.1, 0.15) is 112 Å². The molecule has 0 rings (SSSR count). The van der Waals surface area contributed by atoms with Crippen molar-refractivity contribution in [1.29, 1.82) is 0 Å². The summed E-state index contributed by atoms with van der Waals surface area (Å²) in [6.07, 6.45) is -0.769. The molecule has 0 heterocycles. The quantitative estimate of drug-likeness (QED) is 0.384. The molecule has 216 valence electrons. The second-order valence-corrected chi connectivity index (χ2v) is 9.96. The van der Waals surface area contributed by atoms with Gasteiger partial charge in [-0.2, -0.15) is 0 Å². The SMILES string of the molecule is C.C.CC(=O)C(=O)C(C)C.CC(=O)C(C)C.CC(=O)C(O)C(C)C.CC(C)C.CC(C)[C@H](N)CO. The summed E-state index contributed by atoms with van der Waals surface area (Å²) >= 11 is 0. The van der Waals surface area contributed by atoms with Crippen LogP contribution in [0, 0.1) is 29.6 Å². The summed E-state index contributed by atoms with van der Waals surface area (Å²) in [6, 6.07) is -0.0417. The van der Waals surface area contributed by atoms with Crippen molar-refractivity contribution in [3.8, 4) is 0 Å². The van der Waals surface area contributed by atoms with E-state index >= 15 is 0 Å². The first-order valence-electron chi connectivity index (χ1n) is 11.8. The van der Waals surface area contributed by atoms with Crippen molar-refractivity contribution in [1.82, 2.24) is 0 Å². The zero-order chi connectivity index (χ0) is 28.1. The second kappa shape index (κ2) is 30.6. The van der Waals surface area contributed by atoms with Gasteiger partial charge in [0.2, 0.25) is 5.78 Å². The fourth-order valence-electron chi connectivity index (χ4n) is 1.09. The molecule has 0 aliphatic heterocycles. The average molecular weight is 510 g/mol. The predicted molar refractivity (Wildman–Crippen MR) is 151 cm³/mol. The average Bonchev–Trinajstić information content (AvgIpc) is 2.66. The normalized spacial score (nSPS) is 11.0. The van der Waals surface area contributed by atoms with E-state index in [0.717, 1.165) is 5.92 Å². The summed E-state index contributed by atoms with van der Waals surface area (Å²) in [4.78, 5) is 41.2. The molecule has 0 radical (unpaired) electrons. The predicted octanol–water partition coefficient (Wildman–Crippen LogP) is 5.52. The third-order valence-corrected chi connectivity index (χ3v) is 3.80. The highest BCUT2D eigenvalue weighted by atomic mass is 16.3. The number of carbonyl (C=O) groups excluding carboxylic acids is 4. The van der Waals surface area contributed by atoms with Gasteiger partial charge in [0.15, 0.2) is 11.6 Å². The number of ketones is 4. The van der Waals surface area contributed by atoms with Crippen LogP contribution in [0.3, 0.4) is 0 Å². The number of aliphatic hydroxyl groups is 2. The van der Waals surface area contributed by atoms with Gasteiger partial charge >= 0.3 is 0 Å². The van der Waals surface area contributed by atoms with E-state index in [9.17, 15) is 19.2 Å². The Morgan fingerprint density at radius 1 is 0.657 bits per heavy atom. The van der Waals surface area contributed by atoms with Gasteiger partial charge in [-0.25, -0.2) is 0 Å². The number of carbonyl (C=O) groups is 4. The van der Waals surface area contributed by atoms with E-state index in [1.807, 2.05) is 41.5 Å². The molecule has 0 aromatic carbocycles. The van der Waals surface area contributed by atoms with Crippen molar-refractivity contribution in [2.75, 3.05) is 6.61 Å². The van der Waals surface area contributed by atoms with Gasteiger partial charge < -0.3 is 15.9 Å². The van der Waals surface area contributed by atoms with Gasteiger partial charge in [0.1, 0.15) is 11.9 Å². The van der Waals surface area contributed by atoms with Crippen molar-refractivity contribution in [3.63, 3.8) is 0 Å².